The molecule has 0 radical (unpaired) electrons. The van der Waals surface area contributed by atoms with Crippen LogP contribution in [0.2, 0.25) is 0 Å². The molecule has 1 N–H and O–H groups in total. The molecule has 0 amide bonds. The fourth-order valence-electron chi connectivity index (χ4n) is 1.75. The minimum atomic E-state index is -3.36. The molecule has 0 bridgehead atoms. The van der Waals surface area contributed by atoms with Crippen LogP contribution in [-0.2, 0) is 14.8 Å². The van der Waals surface area contributed by atoms with E-state index in [0.717, 1.165) is 26.1 Å². The molecule has 1 aliphatic rings. The number of hydrogen-bond donors (Lipinski definition) is 1. The predicted octanol–water partition coefficient (Wildman–Crippen LogP) is 2.22. The molecule has 0 spiro atoms. The summed E-state index contributed by atoms with van der Waals surface area (Å²) in [5, 5.41) is 1.75. The molecule has 4 nitrogen and oxygen atoms in total. The van der Waals surface area contributed by atoms with E-state index in [9.17, 15) is 8.42 Å². The van der Waals surface area contributed by atoms with Gasteiger partial charge in [-0.05, 0) is 46.1 Å². The van der Waals surface area contributed by atoms with E-state index in [1.165, 1.54) is 11.3 Å². The molecule has 1 fully saturated rings. The van der Waals surface area contributed by atoms with Gasteiger partial charge in [-0.1, -0.05) is 0 Å². The number of nitrogens with one attached hydrogen (secondary N) is 1. The molecule has 17 heavy (non-hydrogen) atoms. The lowest BCUT2D eigenvalue weighted by Crippen LogP contribution is -2.25. The summed E-state index contributed by atoms with van der Waals surface area (Å²) < 4.78 is 32.7. The molecular weight excluding hydrogens is 326 g/mol. The monoisotopic (exact) mass is 339 g/mol. The lowest BCUT2D eigenvalue weighted by molar-refractivity contribution is 0.184. The first-order chi connectivity index (χ1) is 8.09. The molecule has 1 atom stereocenters. The van der Waals surface area contributed by atoms with Gasteiger partial charge >= 0.3 is 0 Å². The van der Waals surface area contributed by atoms with E-state index in [1.54, 1.807) is 11.4 Å². The Morgan fingerprint density at radius 3 is 3.00 bits per heavy atom. The smallest absolute Gasteiger partial charge is 0.251 e. The van der Waals surface area contributed by atoms with Crippen molar-refractivity contribution >= 4 is 37.3 Å². The van der Waals surface area contributed by atoms with Gasteiger partial charge in [-0.15, -0.1) is 11.3 Å². The summed E-state index contributed by atoms with van der Waals surface area (Å²) >= 11 is 4.45. The van der Waals surface area contributed by atoms with Crippen LogP contribution in [0.4, 0.5) is 0 Å². The highest BCUT2D eigenvalue weighted by Crippen LogP contribution is 2.27. The predicted molar refractivity (Wildman–Crippen MR) is 70.8 cm³/mol. The lowest BCUT2D eigenvalue weighted by Gasteiger charge is -2.08. The number of thiophene rings is 1. The Kier molecular flexibility index (Phi) is 4.59. The molecular formula is C10H14BrNO3S2. The summed E-state index contributed by atoms with van der Waals surface area (Å²) in [5.41, 5.74) is 0. The maximum atomic E-state index is 11.9. The van der Waals surface area contributed by atoms with E-state index in [-0.39, 0.29) is 0 Å². The zero-order valence-electron chi connectivity index (χ0n) is 9.19. The first-order valence-electron chi connectivity index (χ1n) is 5.40. The average molecular weight is 340 g/mol. The Balaban J connectivity index is 1.87. The highest BCUT2D eigenvalue weighted by Gasteiger charge is 2.20. The summed E-state index contributed by atoms with van der Waals surface area (Å²) in [6, 6.07) is 1.74. The van der Waals surface area contributed by atoms with Gasteiger partial charge in [0.25, 0.3) is 10.0 Å². The molecule has 1 aliphatic heterocycles. The molecule has 1 unspecified atom stereocenters. The van der Waals surface area contributed by atoms with E-state index < -0.39 is 10.0 Å². The van der Waals surface area contributed by atoms with Crippen LogP contribution in [-0.4, -0.2) is 28.2 Å². The fourth-order valence-corrected chi connectivity index (χ4v) is 5.17. The summed E-state index contributed by atoms with van der Waals surface area (Å²) in [6.45, 7) is 2.03. The molecule has 0 aromatic carbocycles. The Bertz CT molecular complexity index is 466. The first kappa shape index (κ1) is 13.5. The van der Waals surface area contributed by atoms with Gasteiger partial charge in [0.15, 0.2) is 0 Å². The number of ether oxygens (including phenoxy) is 1. The van der Waals surface area contributed by atoms with E-state index >= 15 is 0 Å². The van der Waals surface area contributed by atoms with E-state index in [2.05, 4.69) is 20.7 Å². The second-order valence-corrected chi connectivity index (χ2v) is 7.70. The quantitative estimate of drug-likeness (QED) is 0.894. The third-order valence-corrected chi connectivity index (χ3v) is 6.83. The zero-order chi connectivity index (χ0) is 12.3. The van der Waals surface area contributed by atoms with Crippen molar-refractivity contribution in [1.82, 2.24) is 4.72 Å². The van der Waals surface area contributed by atoms with Gasteiger partial charge in [-0.2, -0.15) is 0 Å². The average Bonchev–Trinajstić information content (AvgIpc) is 2.88. The topological polar surface area (TPSA) is 55.4 Å². The van der Waals surface area contributed by atoms with Gasteiger partial charge in [-0.3, -0.25) is 0 Å². The molecule has 1 saturated heterocycles. The van der Waals surface area contributed by atoms with Crippen LogP contribution in [0.25, 0.3) is 0 Å². The van der Waals surface area contributed by atoms with Gasteiger partial charge in [0.2, 0.25) is 0 Å². The van der Waals surface area contributed by atoms with Crippen LogP contribution in [0.15, 0.2) is 20.1 Å². The Hall–Kier alpha value is 0.0500. The maximum absolute atomic E-state index is 11.9. The van der Waals surface area contributed by atoms with Crippen LogP contribution in [0.1, 0.15) is 12.8 Å². The van der Waals surface area contributed by atoms with Crippen LogP contribution in [0, 0.1) is 5.92 Å². The summed E-state index contributed by atoms with van der Waals surface area (Å²) in [5.74, 6) is 0.490. The van der Waals surface area contributed by atoms with Gasteiger partial charge in [-0.25, -0.2) is 13.1 Å². The molecule has 0 saturated carbocycles. The third-order valence-electron chi connectivity index (χ3n) is 2.70. The number of hydrogen-bond acceptors (Lipinski definition) is 4. The van der Waals surface area contributed by atoms with E-state index in [1.807, 2.05) is 0 Å². The highest BCUT2D eigenvalue weighted by molar-refractivity contribution is 9.10. The van der Waals surface area contributed by atoms with E-state index in [0.29, 0.717) is 21.1 Å². The van der Waals surface area contributed by atoms with Crippen molar-refractivity contribution in [3.05, 3.63) is 15.9 Å². The second-order valence-electron chi connectivity index (χ2n) is 3.97. The Morgan fingerprint density at radius 2 is 2.41 bits per heavy atom. The van der Waals surface area contributed by atoms with Crippen molar-refractivity contribution < 1.29 is 13.2 Å². The Morgan fingerprint density at radius 1 is 1.59 bits per heavy atom. The molecule has 0 aliphatic carbocycles. The van der Waals surface area contributed by atoms with Crippen molar-refractivity contribution in [1.29, 1.82) is 0 Å². The van der Waals surface area contributed by atoms with Crippen LogP contribution in [0.3, 0.4) is 0 Å². The highest BCUT2D eigenvalue weighted by atomic mass is 79.9. The molecule has 7 heteroatoms. The van der Waals surface area contributed by atoms with Crippen LogP contribution >= 0.6 is 27.3 Å². The van der Waals surface area contributed by atoms with Crippen molar-refractivity contribution in [3.8, 4) is 0 Å². The lowest BCUT2D eigenvalue weighted by atomic mass is 10.1. The molecule has 2 heterocycles. The maximum Gasteiger partial charge on any atom is 0.251 e. The van der Waals surface area contributed by atoms with Crippen molar-refractivity contribution in [2.75, 3.05) is 19.8 Å². The van der Waals surface area contributed by atoms with Gasteiger partial charge in [0.1, 0.15) is 4.21 Å². The summed E-state index contributed by atoms with van der Waals surface area (Å²) in [4.78, 5) is 0. The van der Waals surface area contributed by atoms with Gasteiger partial charge < -0.3 is 4.74 Å². The second kappa shape index (κ2) is 5.79. The standard InChI is InChI=1S/C10H14BrNO3S2/c11-9-3-6-16-10(9)17(13,14)12-4-1-8-2-5-15-7-8/h3,6,8,12H,1-2,4-5,7H2. The normalized spacial score (nSPS) is 20.9. The first-order valence-corrected chi connectivity index (χ1v) is 8.55. The largest absolute Gasteiger partial charge is 0.381 e. The van der Waals surface area contributed by atoms with Gasteiger partial charge in [0.05, 0.1) is 0 Å². The van der Waals surface area contributed by atoms with Gasteiger partial charge in [0, 0.05) is 24.2 Å². The SMILES string of the molecule is O=S(=O)(NCCC1CCOC1)c1sccc1Br. The number of halogens is 1. The van der Waals surface area contributed by atoms with Crippen molar-refractivity contribution in [3.63, 3.8) is 0 Å². The van der Waals surface area contributed by atoms with Crippen molar-refractivity contribution in [2.45, 2.75) is 17.1 Å². The van der Waals surface area contributed by atoms with Crippen LogP contribution in [0.5, 0.6) is 0 Å². The minimum absolute atomic E-state index is 0.347. The summed E-state index contributed by atoms with van der Waals surface area (Å²) in [6.07, 6.45) is 1.87. The van der Waals surface area contributed by atoms with Crippen molar-refractivity contribution in [2.24, 2.45) is 5.92 Å². The summed E-state index contributed by atoms with van der Waals surface area (Å²) in [7, 11) is -3.36. The Labute approximate surface area is 114 Å². The number of rotatable bonds is 5. The van der Waals surface area contributed by atoms with Crippen LogP contribution < -0.4 is 4.72 Å². The molecule has 1 aromatic heterocycles. The molecule has 96 valence electrons. The number of sulfonamides is 1. The minimum Gasteiger partial charge on any atom is -0.381 e. The molecule has 1 aromatic rings. The molecule has 2 rings (SSSR count). The van der Waals surface area contributed by atoms with E-state index in [4.69, 9.17) is 4.74 Å². The third kappa shape index (κ3) is 3.51. The zero-order valence-corrected chi connectivity index (χ0v) is 12.4. The fraction of sp³-hybridized carbons (Fsp3) is 0.600.